The molecule has 0 saturated carbocycles. The van der Waals surface area contributed by atoms with Crippen molar-refractivity contribution in [2.75, 3.05) is 4.31 Å². The van der Waals surface area contributed by atoms with Crippen LogP contribution in [-0.2, 0) is 16.6 Å². The van der Waals surface area contributed by atoms with E-state index in [1.807, 2.05) is 49.4 Å². The number of sulfonamides is 1. The standard InChI is InChI=1S/C24H18FNO2S2/c1-16-6-12-20(13-7-16)30(27,28)26-15-18-4-2-3-5-21(18)24-22(26)14-23(29-24)17-8-10-19(25)11-9-17/h2-14H,15H2,1H3. The quantitative estimate of drug-likeness (QED) is 0.382. The van der Waals surface area contributed by atoms with Crippen LogP contribution in [-0.4, -0.2) is 8.42 Å². The number of halogens is 1. The molecule has 0 fully saturated rings. The number of hydrogen-bond acceptors (Lipinski definition) is 3. The van der Waals surface area contributed by atoms with Gasteiger partial charge in [0.2, 0.25) is 0 Å². The van der Waals surface area contributed by atoms with Crippen molar-refractivity contribution in [3.05, 3.63) is 95.8 Å². The van der Waals surface area contributed by atoms with E-state index in [0.717, 1.165) is 32.0 Å². The lowest BCUT2D eigenvalue weighted by Gasteiger charge is -2.30. The normalized spacial score (nSPS) is 13.1. The molecule has 30 heavy (non-hydrogen) atoms. The summed E-state index contributed by atoms with van der Waals surface area (Å²) in [7, 11) is -3.73. The first-order chi connectivity index (χ1) is 14.4. The van der Waals surface area contributed by atoms with E-state index in [0.29, 0.717) is 5.69 Å². The van der Waals surface area contributed by atoms with E-state index in [-0.39, 0.29) is 17.3 Å². The van der Waals surface area contributed by atoms with Crippen LogP contribution in [0.2, 0.25) is 0 Å². The Morgan fingerprint density at radius 2 is 1.63 bits per heavy atom. The number of thiophene rings is 1. The summed E-state index contributed by atoms with van der Waals surface area (Å²) in [6, 6.07) is 23.0. The van der Waals surface area contributed by atoms with E-state index >= 15 is 0 Å². The van der Waals surface area contributed by atoms with Crippen LogP contribution in [0.25, 0.3) is 20.9 Å². The maximum absolute atomic E-state index is 13.5. The van der Waals surface area contributed by atoms with Gasteiger partial charge in [-0.05, 0) is 53.9 Å². The SMILES string of the molecule is Cc1ccc(S(=O)(=O)N2Cc3ccccc3-c3sc(-c4ccc(F)cc4)cc32)cc1. The molecule has 1 aromatic heterocycles. The number of rotatable bonds is 3. The van der Waals surface area contributed by atoms with Crippen molar-refractivity contribution in [1.29, 1.82) is 0 Å². The number of aryl methyl sites for hydroxylation is 1. The largest absolute Gasteiger partial charge is 0.264 e. The molecule has 3 aromatic carbocycles. The molecule has 0 bridgehead atoms. The van der Waals surface area contributed by atoms with Crippen molar-refractivity contribution in [1.82, 2.24) is 0 Å². The zero-order valence-corrected chi connectivity index (χ0v) is 17.8. The number of fused-ring (bicyclic) bond motifs is 3. The van der Waals surface area contributed by atoms with Crippen LogP contribution in [0.15, 0.2) is 83.8 Å². The maximum atomic E-state index is 13.5. The van der Waals surface area contributed by atoms with Gasteiger partial charge in [0.15, 0.2) is 0 Å². The second kappa shape index (κ2) is 7.07. The first-order valence-corrected chi connectivity index (χ1v) is 11.8. The Morgan fingerprint density at radius 3 is 2.37 bits per heavy atom. The van der Waals surface area contributed by atoms with Crippen LogP contribution in [0.4, 0.5) is 10.1 Å². The van der Waals surface area contributed by atoms with Gasteiger partial charge in [0, 0.05) is 4.88 Å². The second-order valence-corrected chi connectivity index (χ2v) is 10.2. The summed E-state index contributed by atoms with van der Waals surface area (Å²) in [5.41, 5.74) is 4.54. The van der Waals surface area contributed by atoms with E-state index in [2.05, 4.69) is 0 Å². The summed E-state index contributed by atoms with van der Waals surface area (Å²) in [6.07, 6.45) is 0. The number of nitrogens with zero attached hydrogens (tertiary/aromatic N) is 1. The average Bonchev–Trinajstić information content (AvgIpc) is 3.19. The molecular formula is C24H18FNO2S2. The van der Waals surface area contributed by atoms with Crippen molar-refractivity contribution in [3.8, 4) is 20.9 Å². The van der Waals surface area contributed by atoms with Gasteiger partial charge >= 0.3 is 0 Å². The third-order valence-corrected chi connectivity index (χ3v) is 8.28. The molecule has 0 amide bonds. The topological polar surface area (TPSA) is 37.4 Å². The number of benzene rings is 3. The van der Waals surface area contributed by atoms with Crippen molar-refractivity contribution in [3.63, 3.8) is 0 Å². The van der Waals surface area contributed by atoms with Gasteiger partial charge in [-0.25, -0.2) is 12.8 Å². The van der Waals surface area contributed by atoms with Gasteiger partial charge in [-0.15, -0.1) is 11.3 Å². The van der Waals surface area contributed by atoms with Crippen LogP contribution in [0.1, 0.15) is 11.1 Å². The van der Waals surface area contributed by atoms with Gasteiger partial charge < -0.3 is 0 Å². The first kappa shape index (κ1) is 19.0. The highest BCUT2D eigenvalue weighted by Gasteiger charge is 2.33. The molecule has 0 radical (unpaired) electrons. The lowest BCUT2D eigenvalue weighted by molar-refractivity contribution is 0.590. The minimum atomic E-state index is -3.73. The summed E-state index contributed by atoms with van der Waals surface area (Å²) in [5.74, 6) is -0.297. The maximum Gasteiger partial charge on any atom is 0.264 e. The van der Waals surface area contributed by atoms with Crippen LogP contribution in [0, 0.1) is 12.7 Å². The Kier molecular flexibility index (Phi) is 4.49. The molecule has 2 heterocycles. The first-order valence-electron chi connectivity index (χ1n) is 9.51. The third kappa shape index (κ3) is 3.13. The van der Waals surface area contributed by atoms with E-state index in [9.17, 15) is 12.8 Å². The molecule has 0 aliphatic carbocycles. The Labute approximate surface area is 179 Å². The molecule has 3 nitrogen and oxygen atoms in total. The molecule has 0 saturated heterocycles. The van der Waals surface area contributed by atoms with Gasteiger partial charge in [0.1, 0.15) is 5.82 Å². The lowest BCUT2D eigenvalue weighted by Crippen LogP contribution is -2.32. The molecule has 5 rings (SSSR count). The number of anilines is 1. The number of hydrogen-bond donors (Lipinski definition) is 0. The van der Waals surface area contributed by atoms with E-state index in [4.69, 9.17) is 0 Å². The predicted octanol–water partition coefficient (Wildman–Crippen LogP) is 6.24. The molecule has 0 unspecified atom stereocenters. The highest BCUT2D eigenvalue weighted by Crippen LogP contribution is 2.49. The van der Waals surface area contributed by atoms with E-state index in [1.54, 1.807) is 24.3 Å². The highest BCUT2D eigenvalue weighted by atomic mass is 32.2. The molecule has 150 valence electrons. The van der Waals surface area contributed by atoms with Crippen molar-refractivity contribution < 1.29 is 12.8 Å². The molecular weight excluding hydrogens is 417 g/mol. The fraction of sp³-hybridized carbons (Fsp3) is 0.0833. The summed E-state index contributed by atoms with van der Waals surface area (Å²) >= 11 is 1.53. The van der Waals surface area contributed by atoms with Crippen molar-refractivity contribution >= 4 is 27.0 Å². The highest BCUT2D eigenvalue weighted by molar-refractivity contribution is 7.92. The summed E-state index contributed by atoms with van der Waals surface area (Å²) in [6.45, 7) is 2.21. The van der Waals surface area contributed by atoms with Crippen LogP contribution in [0.5, 0.6) is 0 Å². The fourth-order valence-corrected chi connectivity index (χ4v) is 6.42. The van der Waals surface area contributed by atoms with Gasteiger partial charge in [-0.3, -0.25) is 4.31 Å². The van der Waals surface area contributed by atoms with Gasteiger partial charge in [-0.1, -0.05) is 54.1 Å². The Morgan fingerprint density at radius 1 is 0.933 bits per heavy atom. The van der Waals surface area contributed by atoms with Crippen LogP contribution >= 0.6 is 11.3 Å². The molecule has 0 atom stereocenters. The minimum absolute atomic E-state index is 0.271. The lowest BCUT2D eigenvalue weighted by atomic mass is 10.0. The van der Waals surface area contributed by atoms with Crippen molar-refractivity contribution in [2.45, 2.75) is 18.4 Å². The Balaban J connectivity index is 1.69. The van der Waals surface area contributed by atoms with Gasteiger partial charge in [0.05, 0.1) is 22.0 Å². The smallest absolute Gasteiger partial charge is 0.260 e. The molecule has 0 N–H and O–H groups in total. The average molecular weight is 436 g/mol. The molecule has 1 aliphatic rings. The summed E-state index contributed by atoms with van der Waals surface area (Å²) in [4.78, 5) is 2.08. The zero-order chi connectivity index (χ0) is 20.9. The van der Waals surface area contributed by atoms with Gasteiger partial charge in [-0.2, -0.15) is 0 Å². The fourth-order valence-electron chi connectivity index (χ4n) is 3.69. The summed E-state index contributed by atoms with van der Waals surface area (Å²) in [5, 5.41) is 0. The third-order valence-electron chi connectivity index (χ3n) is 5.29. The summed E-state index contributed by atoms with van der Waals surface area (Å²) < 4.78 is 41.9. The van der Waals surface area contributed by atoms with Crippen molar-refractivity contribution in [2.24, 2.45) is 0 Å². The van der Waals surface area contributed by atoms with Crippen LogP contribution < -0.4 is 4.31 Å². The predicted molar refractivity (Wildman–Crippen MR) is 120 cm³/mol. The van der Waals surface area contributed by atoms with Crippen LogP contribution in [0.3, 0.4) is 0 Å². The van der Waals surface area contributed by atoms with E-state index < -0.39 is 10.0 Å². The monoisotopic (exact) mass is 435 g/mol. The van der Waals surface area contributed by atoms with Gasteiger partial charge in [0.25, 0.3) is 10.0 Å². The zero-order valence-electron chi connectivity index (χ0n) is 16.2. The molecule has 1 aliphatic heterocycles. The molecule has 4 aromatic rings. The second-order valence-electron chi connectivity index (χ2n) is 7.31. The molecule has 6 heteroatoms. The Hall–Kier alpha value is -2.96. The van der Waals surface area contributed by atoms with E-state index in [1.165, 1.54) is 27.8 Å². The minimum Gasteiger partial charge on any atom is -0.260 e. The molecule has 0 spiro atoms. The Bertz CT molecular complexity index is 1340.